The van der Waals surface area contributed by atoms with Crippen LogP contribution >= 0.6 is 0 Å². The maximum absolute atomic E-state index is 8.31. The van der Waals surface area contributed by atoms with Gasteiger partial charge in [-0.1, -0.05) is 35.5 Å². The third-order valence-electron chi connectivity index (χ3n) is 2.23. The molecule has 3 N–H and O–H groups in total. The number of ether oxygens (including phenoxy) is 1. The molecule has 0 aliphatic heterocycles. The molecule has 0 radical (unpaired) electrons. The van der Waals surface area contributed by atoms with E-state index in [0.717, 1.165) is 12.8 Å². The van der Waals surface area contributed by atoms with E-state index in [1.807, 2.05) is 18.2 Å². The Morgan fingerprint density at radius 2 is 2.00 bits per heavy atom. The maximum Gasteiger partial charge on any atom is 0.139 e. The molecule has 1 rings (SSSR count). The van der Waals surface area contributed by atoms with Gasteiger partial charge in [-0.2, -0.15) is 0 Å². The van der Waals surface area contributed by atoms with E-state index in [9.17, 15) is 0 Å². The zero-order valence-electron chi connectivity index (χ0n) is 9.30. The van der Waals surface area contributed by atoms with E-state index in [-0.39, 0.29) is 5.84 Å². The van der Waals surface area contributed by atoms with Crippen LogP contribution in [0, 0.1) is 0 Å². The zero-order chi connectivity index (χ0) is 11.6. The van der Waals surface area contributed by atoms with Crippen LogP contribution in [0.5, 0.6) is 0 Å². The van der Waals surface area contributed by atoms with Crippen molar-refractivity contribution in [1.82, 2.24) is 0 Å². The largest absolute Gasteiger partial charge is 0.409 e. The molecule has 4 heteroatoms. The topological polar surface area (TPSA) is 67.8 Å². The minimum Gasteiger partial charge on any atom is -0.409 e. The molecule has 0 saturated heterocycles. The van der Waals surface area contributed by atoms with E-state index in [0.29, 0.717) is 19.6 Å². The molecule has 16 heavy (non-hydrogen) atoms. The van der Waals surface area contributed by atoms with Gasteiger partial charge >= 0.3 is 0 Å². The number of rotatable bonds is 7. The lowest BCUT2D eigenvalue weighted by Crippen LogP contribution is -2.12. The number of hydrogen-bond acceptors (Lipinski definition) is 3. The number of nitrogens with zero attached hydrogens (tertiary/aromatic N) is 1. The van der Waals surface area contributed by atoms with Gasteiger partial charge in [0, 0.05) is 13.0 Å². The lowest BCUT2D eigenvalue weighted by molar-refractivity contribution is 0.136. The first-order valence-corrected chi connectivity index (χ1v) is 5.41. The van der Waals surface area contributed by atoms with Crippen molar-refractivity contribution < 1.29 is 9.94 Å². The molecule has 4 nitrogen and oxygen atoms in total. The Morgan fingerprint density at radius 3 is 2.69 bits per heavy atom. The Labute approximate surface area is 95.7 Å². The molecule has 0 fully saturated rings. The van der Waals surface area contributed by atoms with Gasteiger partial charge in [0.15, 0.2) is 0 Å². The molecule has 0 bridgehead atoms. The summed E-state index contributed by atoms with van der Waals surface area (Å²) in [6, 6.07) is 10.2. The van der Waals surface area contributed by atoms with E-state index in [1.165, 1.54) is 5.56 Å². The van der Waals surface area contributed by atoms with Crippen LogP contribution in [0.4, 0.5) is 0 Å². The first kappa shape index (κ1) is 12.5. The first-order chi connectivity index (χ1) is 7.83. The molecule has 0 unspecified atom stereocenters. The second-order valence-corrected chi connectivity index (χ2v) is 3.54. The number of oxime groups is 1. The van der Waals surface area contributed by atoms with Crippen LogP contribution in [0.15, 0.2) is 35.5 Å². The molecule has 0 aliphatic carbocycles. The number of amidine groups is 1. The average molecular weight is 222 g/mol. The van der Waals surface area contributed by atoms with E-state index >= 15 is 0 Å². The van der Waals surface area contributed by atoms with Crippen LogP contribution < -0.4 is 5.73 Å². The van der Waals surface area contributed by atoms with Gasteiger partial charge in [-0.25, -0.2) is 0 Å². The SMILES string of the molecule is NC(CCCOCCc1ccccc1)=NO. The van der Waals surface area contributed by atoms with Gasteiger partial charge in [-0.3, -0.25) is 0 Å². The third kappa shape index (κ3) is 5.36. The Morgan fingerprint density at radius 1 is 1.25 bits per heavy atom. The summed E-state index contributed by atoms with van der Waals surface area (Å²) in [5.41, 5.74) is 6.60. The summed E-state index contributed by atoms with van der Waals surface area (Å²) in [6.45, 7) is 1.35. The highest BCUT2D eigenvalue weighted by Gasteiger charge is 1.95. The van der Waals surface area contributed by atoms with E-state index < -0.39 is 0 Å². The van der Waals surface area contributed by atoms with Gasteiger partial charge in [0.2, 0.25) is 0 Å². The van der Waals surface area contributed by atoms with E-state index in [4.69, 9.17) is 15.7 Å². The standard InChI is InChI=1S/C12H18N2O2/c13-12(14-15)7-4-9-16-10-8-11-5-2-1-3-6-11/h1-3,5-6,15H,4,7-10H2,(H2,13,14). The van der Waals surface area contributed by atoms with Crippen LogP contribution in [0.2, 0.25) is 0 Å². The summed E-state index contributed by atoms with van der Waals surface area (Å²) in [7, 11) is 0. The van der Waals surface area contributed by atoms with E-state index in [1.54, 1.807) is 0 Å². The quantitative estimate of drug-likeness (QED) is 0.243. The number of hydrogen-bond donors (Lipinski definition) is 2. The van der Waals surface area contributed by atoms with Crippen molar-refractivity contribution in [3.05, 3.63) is 35.9 Å². The molecule has 0 saturated carbocycles. The van der Waals surface area contributed by atoms with Crippen LogP contribution in [0.1, 0.15) is 18.4 Å². The van der Waals surface area contributed by atoms with Crippen molar-refractivity contribution in [2.45, 2.75) is 19.3 Å². The van der Waals surface area contributed by atoms with Crippen LogP contribution in [0.25, 0.3) is 0 Å². The second kappa shape index (κ2) is 7.70. The summed E-state index contributed by atoms with van der Waals surface area (Å²) >= 11 is 0. The van der Waals surface area contributed by atoms with E-state index in [2.05, 4.69) is 17.3 Å². The Kier molecular flexibility index (Phi) is 6.03. The summed E-state index contributed by atoms with van der Waals surface area (Å²) in [4.78, 5) is 0. The smallest absolute Gasteiger partial charge is 0.139 e. The fraction of sp³-hybridized carbons (Fsp3) is 0.417. The van der Waals surface area contributed by atoms with Gasteiger partial charge in [0.1, 0.15) is 5.84 Å². The van der Waals surface area contributed by atoms with Gasteiger partial charge in [-0.05, 0) is 18.4 Å². The van der Waals surface area contributed by atoms with Crippen molar-refractivity contribution in [3.8, 4) is 0 Å². The summed E-state index contributed by atoms with van der Waals surface area (Å²) in [5, 5.41) is 11.2. The number of benzene rings is 1. The van der Waals surface area contributed by atoms with Crippen molar-refractivity contribution in [3.63, 3.8) is 0 Å². The van der Waals surface area contributed by atoms with Crippen LogP contribution in [-0.4, -0.2) is 24.3 Å². The van der Waals surface area contributed by atoms with Crippen molar-refractivity contribution >= 4 is 5.84 Å². The van der Waals surface area contributed by atoms with Gasteiger partial charge in [0.05, 0.1) is 6.61 Å². The molecule has 0 aromatic heterocycles. The lowest BCUT2D eigenvalue weighted by atomic mass is 10.2. The Balaban J connectivity index is 2.01. The molecular formula is C12H18N2O2. The Hall–Kier alpha value is -1.55. The van der Waals surface area contributed by atoms with Crippen molar-refractivity contribution in [2.75, 3.05) is 13.2 Å². The molecule has 0 spiro atoms. The fourth-order valence-electron chi connectivity index (χ4n) is 1.34. The second-order valence-electron chi connectivity index (χ2n) is 3.54. The molecule has 0 atom stereocenters. The molecule has 88 valence electrons. The van der Waals surface area contributed by atoms with Gasteiger partial charge < -0.3 is 15.7 Å². The summed E-state index contributed by atoms with van der Waals surface area (Å²) in [5.74, 6) is 0.256. The normalized spacial score (nSPS) is 11.6. The maximum atomic E-state index is 8.31. The van der Waals surface area contributed by atoms with Crippen LogP contribution in [-0.2, 0) is 11.2 Å². The average Bonchev–Trinajstić information content (AvgIpc) is 2.34. The third-order valence-corrected chi connectivity index (χ3v) is 2.23. The zero-order valence-corrected chi connectivity index (χ0v) is 9.30. The van der Waals surface area contributed by atoms with Crippen molar-refractivity contribution in [1.29, 1.82) is 0 Å². The molecule has 1 aromatic carbocycles. The highest BCUT2D eigenvalue weighted by atomic mass is 16.5. The van der Waals surface area contributed by atoms with Crippen molar-refractivity contribution in [2.24, 2.45) is 10.9 Å². The molecule has 0 aliphatic rings. The fourth-order valence-corrected chi connectivity index (χ4v) is 1.34. The molecular weight excluding hydrogens is 204 g/mol. The predicted molar refractivity (Wildman–Crippen MR) is 63.6 cm³/mol. The van der Waals surface area contributed by atoms with Crippen LogP contribution in [0.3, 0.4) is 0 Å². The minimum atomic E-state index is 0.256. The highest BCUT2D eigenvalue weighted by molar-refractivity contribution is 5.79. The first-order valence-electron chi connectivity index (χ1n) is 5.41. The summed E-state index contributed by atoms with van der Waals surface area (Å²) < 4.78 is 5.44. The minimum absolute atomic E-state index is 0.256. The van der Waals surface area contributed by atoms with Gasteiger partial charge in [-0.15, -0.1) is 0 Å². The lowest BCUT2D eigenvalue weighted by Gasteiger charge is -2.03. The monoisotopic (exact) mass is 222 g/mol. The Bertz CT molecular complexity index is 312. The predicted octanol–water partition coefficient (Wildman–Crippen LogP) is 1.77. The summed E-state index contributed by atoms with van der Waals surface area (Å²) in [6.07, 6.45) is 2.27. The number of nitrogens with two attached hydrogens (primary N) is 1. The molecule has 0 amide bonds. The molecule has 0 heterocycles. The highest BCUT2D eigenvalue weighted by Crippen LogP contribution is 2.00. The van der Waals surface area contributed by atoms with Gasteiger partial charge in [0.25, 0.3) is 0 Å². The molecule has 1 aromatic rings.